The summed E-state index contributed by atoms with van der Waals surface area (Å²) in [6.45, 7) is 0. The zero-order chi connectivity index (χ0) is 13.8. The fourth-order valence-electron chi connectivity index (χ4n) is 1.98. The molecule has 0 spiro atoms. The van der Waals surface area contributed by atoms with Gasteiger partial charge in [-0.25, -0.2) is 4.39 Å². The van der Waals surface area contributed by atoms with Gasteiger partial charge in [0.25, 0.3) is 0 Å². The summed E-state index contributed by atoms with van der Waals surface area (Å²) in [6.07, 6.45) is 0.247. The Morgan fingerprint density at radius 1 is 1.21 bits per heavy atom. The zero-order valence-electron chi connectivity index (χ0n) is 10.2. The topological polar surface area (TPSA) is 63.3 Å². The van der Waals surface area contributed by atoms with Gasteiger partial charge in [0.15, 0.2) is 0 Å². The summed E-state index contributed by atoms with van der Waals surface area (Å²) in [5.41, 5.74) is 7.48. The van der Waals surface area contributed by atoms with Crippen molar-refractivity contribution in [1.29, 1.82) is 0 Å². The van der Waals surface area contributed by atoms with Gasteiger partial charge in [0.05, 0.1) is 5.92 Å². The highest BCUT2D eigenvalue weighted by Crippen LogP contribution is 2.22. The Balaban J connectivity index is 2.26. The molecule has 3 N–H and O–H groups in total. The predicted molar refractivity (Wildman–Crippen MR) is 71.3 cm³/mol. The molecule has 3 nitrogen and oxygen atoms in total. The highest BCUT2D eigenvalue weighted by atomic mass is 19.1. The molecule has 0 aliphatic heterocycles. The monoisotopic (exact) mass is 259 g/mol. The van der Waals surface area contributed by atoms with E-state index < -0.39 is 11.9 Å². The van der Waals surface area contributed by atoms with E-state index in [1.807, 2.05) is 0 Å². The lowest BCUT2D eigenvalue weighted by atomic mass is 9.92. The second-order valence-corrected chi connectivity index (χ2v) is 4.39. The Morgan fingerprint density at radius 3 is 2.47 bits per heavy atom. The number of aliphatic carboxylic acids is 1. The fourth-order valence-corrected chi connectivity index (χ4v) is 1.98. The first-order valence-corrected chi connectivity index (χ1v) is 5.89. The van der Waals surface area contributed by atoms with E-state index in [2.05, 4.69) is 0 Å². The number of carboxylic acids is 1. The first-order chi connectivity index (χ1) is 9.06. The molecule has 1 atom stereocenters. The smallest absolute Gasteiger partial charge is 0.311 e. The third-order valence-corrected chi connectivity index (χ3v) is 2.97. The summed E-state index contributed by atoms with van der Waals surface area (Å²) in [6, 6.07) is 12.7. The van der Waals surface area contributed by atoms with Crippen LogP contribution in [0.1, 0.15) is 17.0 Å². The number of benzene rings is 2. The van der Waals surface area contributed by atoms with Crippen molar-refractivity contribution in [2.75, 3.05) is 5.73 Å². The lowest BCUT2D eigenvalue weighted by Gasteiger charge is -2.13. The molecule has 19 heavy (non-hydrogen) atoms. The van der Waals surface area contributed by atoms with E-state index >= 15 is 0 Å². The van der Waals surface area contributed by atoms with Gasteiger partial charge in [-0.3, -0.25) is 4.79 Å². The van der Waals surface area contributed by atoms with Crippen LogP contribution in [-0.2, 0) is 11.2 Å². The third-order valence-electron chi connectivity index (χ3n) is 2.97. The number of hydrogen-bond donors (Lipinski definition) is 2. The van der Waals surface area contributed by atoms with Crippen molar-refractivity contribution in [3.8, 4) is 0 Å². The van der Waals surface area contributed by atoms with Crippen LogP contribution in [-0.4, -0.2) is 11.1 Å². The van der Waals surface area contributed by atoms with Crippen molar-refractivity contribution in [3.05, 3.63) is 65.5 Å². The highest BCUT2D eigenvalue weighted by molar-refractivity contribution is 5.76. The number of nitrogens with two attached hydrogens (primary N) is 1. The van der Waals surface area contributed by atoms with E-state index in [9.17, 15) is 14.3 Å². The summed E-state index contributed by atoms with van der Waals surface area (Å²) in [7, 11) is 0. The summed E-state index contributed by atoms with van der Waals surface area (Å²) < 4.78 is 13.1. The standard InChI is InChI=1S/C15H14FNO2/c16-12-3-1-2-10(8-12)9-14(15(18)19)11-4-6-13(17)7-5-11/h1-8,14H,9,17H2,(H,18,19). The average Bonchev–Trinajstić information content (AvgIpc) is 2.37. The number of carboxylic acid groups (broad SMARTS) is 1. The maximum Gasteiger partial charge on any atom is 0.311 e. The van der Waals surface area contributed by atoms with Crippen molar-refractivity contribution in [2.45, 2.75) is 12.3 Å². The van der Waals surface area contributed by atoms with Gasteiger partial charge in [-0.1, -0.05) is 24.3 Å². The van der Waals surface area contributed by atoms with Gasteiger partial charge in [0.1, 0.15) is 5.82 Å². The quantitative estimate of drug-likeness (QED) is 0.830. The SMILES string of the molecule is Nc1ccc(C(Cc2cccc(F)c2)C(=O)O)cc1. The zero-order valence-corrected chi connectivity index (χ0v) is 10.2. The van der Waals surface area contributed by atoms with E-state index in [4.69, 9.17) is 5.73 Å². The van der Waals surface area contributed by atoms with Gasteiger partial charge in [0.2, 0.25) is 0 Å². The maximum atomic E-state index is 13.1. The van der Waals surface area contributed by atoms with Gasteiger partial charge < -0.3 is 10.8 Å². The van der Waals surface area contributed by atoms with Crippen LogP contribution in [0, 0.1) is 5.82 Å². The molecule has 0 saturated heterocycles. The van der Waals surface area contributed by atoms with E-state index in [1.54, 1.807) is 36.4 Å². The van der Waals surface area contributed by atoms with Gasteiger partial charge in [-0.15, -0.1) is 0 Å². The minimum Gasteiger partial charge on any atom is -0.481 e. The molecule has 2 aromatic carbocycles. The van der Waals surface area contributed by atoms with Gasteiger partial charge >= 0.3 is 5.97 Å². The lowest BCUT2D eigenvalue weighted by molar-refractivity contribution is -0.138. The second kappa shape index (κ2) is 5.52. The Labute approximate surface area is 110 Å². The Bertz CT molecular complexity index is 581. The van der Waals surface area contributed by atoms with Crippen molar-refractivity contribution >= 4 is 11.7 Å². The largest absolute Gasteiger partial charge is 0.481 e. The van der Waals surface area contributed by atoms with Crippen molar-refractivity contribution in [2.24, 2.45) is 0 Å². The van der Waals surface area contributed by atoms with Crippen molar-refractivity contribution < 1.29 is 14.3 Å². The Morgan fingerprint density at radius 2 is 1.89 bits per heavy atom. The molecule has 2 aromatic rings. The van der Waals surface area contributed by atoms with Crippen LogP contribution in [0.5, 0.6) is 0 Å². The summed E-state index contributed by atoms with van der Waals surface area (Å²) >= 11 is 0. The second-order valence-electron chi connectivity index (χ2n) is 4.39. The van der Waals surface area contributed by atoms with Crippen LogP contribution in [0.4, 0.5) is 10.1 Å². The molecule has 0 radical (unpaired) electrons. The molecule has 0 saturated carbocycles. The lowest BCUT2D eigenvalue weighted by Crippen LogP contribution is -2.14. The molecule has 2 rings (SSSR count). The third kappa shape index (κ3) is 3.31. The number of rotatable bonds is 4. The van der Waals surface area contributed by atoms with Crippen LogP contribution in [0.25, 0.3) is 0 Å². The highest BCUT2D eigenvalue weighted by Gasteiger charge is 2.20. The number of halogens is 1. The number of carbonyl (C=O) groups is 1. The van der Waals surface area contributed by atoms with E-state index in [0.29, 0.717) is 16.8 Å². The molecule has 0 fully saturated rings. The molecular formula is C15H14FNO2. The molecule has 0 amide bonds. The van der Waals surface area contributed by atoms with Gasteiger partial charge in [-0.2, -0.15) is 0 Å². The number of anilines is 1. The van der Waals surface area contributed by atoms with E-state index in [0.717, 1.165) is 0 Å². The summed E-state index contributed by atoms with van der Waals surface area (Å²) in [5.74, 6) is -2.00. The molecule has 0 bridgehead atoms. The summed E-state index contributed by atoms with van der Waals surface area (Å²) in [4.78, 5) is 11.3. The molecule has 98 valence electrons. The van der Waals surface area contributed by atoms with Crippen molar-refractivity contribution in [3.63, 3.8) is 0 Å². The van der Waals surface area contributed by atoms with Crippen LogP contribution >= 0.6 is 0 Å². The first-order valence-electron chi connectivity index (χ1n) is 5.89. The molecule has 4 heteroatoms. The van der Waals surface area contributed by atoms with Gasteiger partial charge in [0, 0.05) is 5.69 Å². The molecule has 0 aromatic heterocycles. The first kappa shape index (κ1) is 13.1. The normalized spacial score (nSPS) is 12.1. The van der Waals surface area contributed by atoms with Crippen LogP contribution in [0.15, 0.2) is 48.5 Å². The van der Waals surface area contributed by atoms with Crippen LogP contribution < -0.4 is 5.73 Å². The van der Waals surface area contributed by atoms with E-state index in [1.165, 1.54) is 12.1 Å². The van der Waals surface area contributed by atoms with Gasteiger partial charge in [-0.05, 0) is 41.8 Å². The van der Waals surface area contributed by atoms with E-state index in [-0.39, 0.29) is 12.2 Å². The number of nitrogen functional groups attached to an aromatic ring is 1. The number of hydrogen-bond acceptors (Lipinski definition) is 2. The molecule has 0 heterocycles. The fraction of sp³-hybridized carbons (Fsp3) is 0.133. The average molecular weight is 259 g/mol. The molecular weight excluding hydrogens is 245 g/mol. The molecule has 1 unspecified atom stereocenters. The van der Waals surface area contributed by atoms with Crippen LogP contribution in [0.2, 0.25) is 0 Å². The maximum absolute atomic E-state index is 13.1. The minimum atomic E-state index is -0.936. The summed E-state index contributed by atoms with van der Waals surface area (Å²) in [5, 5.41) is 9.30. The molecule has 0 aliphatic rings. The Hall–Kier alpha value is -2.36. The van der Waals surface area contributed by atoms with Crippen molar-refractivity contribution in [1.82, 2.24) is 0 Å². The minimum absolute atomic E-state index is 0.247. The Kier molecular flexibility index (Phi) is 3.80. The predicted octanol–water partition coefficient (Wildman–Crippen LogP) is 2.82. The molecule has 0 aliphatic carbocycles. The van der Waals surface area contributed by atoms with Crippen LogP contribution in [0.3, 0.4) is 0 Å².